The van der Waals surface area contributed by atoms with Gasteiger partial charge in [0.05, 0.1) is 0 Å². The number of hydrogen-bond acceptors (Lipinski definition) is 3. The van der Waals surface area contributed by atoms with Crippen molar-refractivity contribution in [2.45, 2.75) is 18.9 Å². The molecule has 1 aromatic carbocycles. The highest BCUT2D eigenvalue weighted by molar-refractivity contribution is 9.10. The summed E-state index contributed by atoms with van der Waals surface area (Å²) in [7, 11) is 0. The van der Waals surface area contributed by atoms with E-state index in [2.05, 4.69) is 33.0 Å². The normalized spacial score (nSPS) is 12.3. The Balaban J connectivity index is 1.98. The van der Waals surface area contributed by atoms with Crippen molar-refractivity contribution < 1.29 is 0 Å². The number of anilines is 1. The Morgan fingerprint density at radius 3 is 2.50 bits per heavy atom. The van der Waals surface area contributed by atoms with E-state index in [1.807, 2.05) is 24.3 Å². The SMILES string of the molecule is Nc1cc(CC(N)Cc2cccc(Br)c2)ccn1. The van der Waals surface area contributed by atoms with Crippen LogP contribution in [0.25, 0.3) is 0 Å². The zero-order chi connectivity index (χ0) is 13.0. The van der Waals surface area contributed by atoms with E-state index in [4.69, 9.17) is 11.5 Å². The third-order valence-electron chi connectivity index (χ3n) is 2.73. The molecule has 1 aromatic heterocycles. The monoisotopic (exact) mass is 305 g/mol. The summed E-state index contributed by atoms with van der Waals surface area (Å²) in [5.74, 6) is 0.544. The Morgan fingerprint density at radius 1 is 1.11 bits per heavy atom. The van der Waals surface area contributed by atoms with Gasteiger partial charge in [-0.1, -0.05) is 28.1 Å². The summed E-state index contributed by atoms with van der Waals surface area (Å²) in [4.78, 5) is 3.97. The number of nitrogen functional groups attached to an aromatic ring is 1. The number of hydrogen-bond donors (Lipinski definition) is 2. The van der Waals surface area contributed by atoms with Crippen LogP contribution in [0.15, 0.2) is 47.1 Å². The molecule has 0 fully saturated rings. The van der Waals surface area contributed by atoms with Crippen LogP contribution in [0.3, 0.4) is 0 Å². The lowest BCUT2D eigenvalue weighted by Crippen LogP contribution is -2.25. The Bertz CT molecular complexity index is 480. The van der Waals surface area contributed by atoms with Gasteiger partial charge in [-0.25, -0.2) is 4.98 Å². The molecule has 1 atom stereocenters. The van der Waals surface area contributed by atoms with E-state index in [0.717, 1.165) is 22.9 Å². The molecule has 4 heteroatoms. The Labute approximate surface area is 115 Å². The molecule has 1 heterocycles. The van der Waals surface area contributed by atoms with Crippen LogP contribution in [-0.4, -0.2) is 11.0 Å². The molecule has 0 saturated carbocycles. The highest BCUT2D eigenvalue weighted by atomic mass is 79.9. The minimum Gasteiger partial charge on any atom is -0.384 e. The maximum atomic E-state index is 6.16. The van der Waals surface area contributed by atoms with Gasteiger partial charge in [0.1, 0.15) is 5.82 Å². The van der Waals surface area contributed by atoms with E-state index >= 15 is 0 Å². The first-order valence-corrected chi connectivity index (χ1v) is 6.63. The predicted molar refractivity (Wildman–Crippen MR) is 78.2 cm³/mol. The first kappa shape index (κ1) is 13.1. The summed E-state index contributed by atoms with van der Waals surface area (Å²) in [6.45, 7) is 0. The molecule has 18 heavy (non-hydrogen) atoms. The smallest absolute Gasteiger partial charge is 0.123 e. The highest BCUT2D eigenvalue weighted by Gasteiger charge is 2.06. The van der Waals surface area contributed by atoms with Crippen LogP contribution < -0.4 is 11.5 Å². The molecule has 3 nitrogen and oxygen atoms in total. The van der Waals surface area contributed by atoms with E-state index in [-0.39, 0.29) is 6.04 Å². The minimum absolute atomic E-state index is 0.0844. The van der Waals surface area contributed by atoms with Crippen LogP contribution in [-0.2, 0) is 12.8 Å². The molecule has 0 bridgehead atoms. The standard InChI is InChI=1S/C14H16BrN3/c15-12-3-1-2-10(6-12)7-13(16)8-11-4-5-18-14(17)9-11/h1-6,9,13H,7-8,16H2,(H2,17,18). The quantitative estimate of drug-likeness (QED) is 0.912. The van der Waals surface area contributed by atoms with Gasteiger partial charge in [-0.3, -0.25) is 0 Å². The van der Waals surface area contributed by atoms with Gasteiger partial charge >= 0.3 is 0 Å². The van der Waals surface area contributed by atoms with Crippen LogP contribution >= 0.6 is 15.9 Å². The number of rotatable bonds is 4. The van der Waals surface area contributed by atoms with Crippen molar-refractivity contribution in [3.05, 3.63) is 58.2 Å². The summed E-state index contributed by atoms with van der Waals surface area (Å²) in [5, 5.41) is 0. The van der Waals surface area contributed by atoms with Gasteiger partial charge in [0.25, 0.3) is 0 Å². The van der Waals surface area contributed by atoms with Crippen LogP contribution in [0.1, 0.15) is 11.1 Å². The molecule has 0 radical (unpaired) electrons. The summed E-state index contributed by atoms with van der Waals surface area (Å²) in [6.07, 6.45) is 3.37. The molecule has 1 unspecified atom stereocenters. The first-order valence-electron chi connectivity index (χ1n) is 5.84. The fourth-order valence-corrected chi connectivity index (χ4v) is 2.41. The molecule has 0 amide bonds. The fraction of sp³-hybridized carbons (Fsp3) is 0.214. The molecule has 0 aliphatic carbocycles. The molecular weight excluding hydrogens is 290 g/mol. The molecule has 0 aliphatic rings. The lowest BCUT2D eigenvalue weighted by molar-refractivity contribution is 0.664. The first-order chi connectivity index (χ1) is 8.63. The van der Waals surface area contributed by atoms with Crippen molar-refractivity contribution >= 4 is 21.7 Å². The van der Waals surface area contributed by atoms with Crippen LogP contribution in [0.5, 0.6) is 0 Å². The summed E-state index contributed by atoms with van der Waals surface area (Å²) < 4.78 is 1.08. The topological polar surface area (TPSA) is 64.9 Å². The number of aromatic nitrogens is 1. The number of nitrogens with zero attached hydrogens (tertiary/aromatic N) is 1. The molecule has 94 valence electrons. The molecule has 0 spiro atoms. The molecule has 2 aromatic rings. The van der Waals surface area contributed by atoms with Crippen molar-refractivity contribution in [1.82, 2.24) is 4.98 Å². The maximum absolute atomic E-state index is 6.16. The lowest BCUT2D eigenvalue weighted by Gasteiger charge is -2.12. The average molecular weight is 306 g/mol. The van der Waals surface area contributed by atoms with Crippen molar-refractivity contribution in [3.63, 3.8) is 0 Å². The minimum atomic E-state index is 0.0844. The number of benzene rings is 1. The second kappa shape index (κ2) is 5.98. The highest BCUT2D eigenvalue weighted by Crippen LogP contribution is 2.14. The van der Waals surface area contributed by atoms with Crippen molar-refractivity contribution in [3.8, 4) is 0 Å². The van der Waals surface area contributed by atoms with Crippen molar-refractivity contribution in [2.24, 2.45) is 5.73 Å². The Hall–Kier alpha value is -1.39. The summed E-state index contributed by atoms with van der Waals surface area (Å²) >= 11 is 3.46. The van der Waals surface area contributed by atoms with E-state index in [0.29, 0.717) is 5.82 Å². The molecule has 4 N–H and O–H groups in total. The summed E-state index contributed by atoms with van der Waals surface area (Å²) in [5.41, 5.74) is 14.2. The molecule has 2 rings (SSSR count). The van der Waals surface area contributed by atoms with Gasteiger partial charge < -0.3 is 11.5 Å². The second-order valence-electron chi connectivity index (χ2n) is 4.39. The largest absolute Gasteiger partial charge is 0.384 e. The fourth-order valence-electron chi connectivity index (χ4n) is 1.96. The van der Waals surface area contributed by atoms with Gasteiger partial charge in [-0.15, -0.1) is 0 Å². The molecule has 0 aliphatic heterocycles. The zero-order valence-electron chi connectivity index (χ0n) is 10.0. The maximum Gasteiger partial charge on any atom is 0.123 e. The average Bonchev–Trinajstić information content (AvgIpc) is 2.28. The van der Waals surface area contributed by atoms with Gasteiger partial charge in [0, 0.05) is 16.7 Å². The van der Waals surface area contributed by atoms with Crippen molar-refractivity contribution in [1.29, 1.82) is 0 Å². The Kier molecular flexibility index (Phi) is 4.33. The van der Waals surface area contributed by atoms with Gasteiger partial charge in [-0.2, -0.15) is 0 Å². The van der Waals surface area contributed by atoms with E-state index in [1.165, 1.54) is 5.56 Å². The lowest BCUT2D eigenvalue weighted by atomic mass is 10.0. The third-order valence-corrected chi connectivity index (χ3v) is 3.22. The third kappa shape index (κ3) is 3.82. The Morgan fingerprint density at radius 2 is 1.83 bits per heavy atom. The summed E-state index contributed by atoms with van der Waals surface area (Å²) in [6, 6.07) is 12.1. The van der Waals surface area contributed by atoms with Gasteiger partial charge in [0.2, 0.25) is 0 Å². The van der Waals surface area contributed by atoms with E-state index in [9.17, 15) is 0 Å². The van der Waals surface area contributed by atoms with Gasteiger partial charge in [0.15, 0.2) is 0 Å². The van der Waals surface area contributed by atoms with Gasteiger partial charge in [-0.05, 0) is 48.2 Å². The van der Waals surface area contributed by atoms with E-state index < -0.39 is 0 Å². The second-order valence-corrected chi connectivity index (χ2v) is 5.30. The zero-order valence-corrected chi connectivity index (χ0v) is 11.6. The van der Waals surface area contributed by atoms with E-state index in [1.54, 1.807) is 6.20 Å². The van der Waals surface area contributed by atoms with Crippen LogP contribution in [0.2, 0.25) is 0 Å². The molecular formula is C14H16BrN3. The number of pyridine rings is 1. The van der Waals surface area contributed by atoms with Crippen molar-refractivity contribution in [2.75, 3.05) is 5.73 Å². The molecule has 0 saturated heterocycles. The predicted octanol–water partition coefficient (Wildman–Crippen LogP) is 2.54. The van der Waals surface area contributed by atoms with Crippen LogP contribution in [0, 0.1) is 0 Å². The van der Waals surface area contributed by atoms with Crippen LogP contribution in [0.4, 0.5) is 5.82 Å². The number of nitrogens with two attached hydrogens (primary N) is 2. The number of halogens is 1.